The van der Waals surface area contributed by atoms with E-state index in [0.29, 0.717) is 12.8 Å². The highest BCUT2D eigenvalue weighted by molar-refractivity contribution is 7.99. The van der Waals surface area contributed by atoms with Crippen LogP contribution in [0.3, 0.4) is 0 Å². The molecule has 8 heterocycles. The Labute approximate surface area is 338 Å². The summed E-state index contributed by atoms with van der Waals surface area (Å²) in [4.78, 5) is 41.3. The van der Waals surface area contributed by atoms with E-state index in [1.807, 2.05) is 72.8 Å². The summed E-state index contributed by atoms with van der Waals surface area (Å²) < 4.78 is 12.4. The van der Waals surface area contributed by atoms with E-state index in [-0.39, 0.29) is 23.4 Å². The summed E-state index contributed by atoms with van der Waals surface area (Å²) in [6.45, 7) is 0. The summed E-state index contributed by atoms with van der Waals surface area (Å²) >= 11 is 2.88. The van der Waals surface area contributed by atoms with E-state index in [0.717, 1.165) is 125 Å². The fourth-order valence-electron chi connectivity index (χ4n) is 8.32. The fourth-order valence-corrected chi connectivity index (χ4v) is 9.86. The zero-order valence-corrected chi connectivity index (χ0v) is 32.4. The number of anilines is 2. The first-order valence-electron chi connectivity index (χ1n) is 19.1. The largest absolute Gasteiger partial charge is 0.453 e. The first-order valence-corrected chi connectivity index (χ1v) is 20.7. The van der Waals surface area contributed by atoms with Crippen molar-refractivity contribution in [2.24, 2.45) is 0 Å². The van der Waals surface area contributed by atoms with Crippen molar-refractivity contribution in [2.45, 2.75) is 70.9 Å². The topological polar surface area (TPSA) is 199 Å². The van der Waals surface area contributed by atoms with Gasteiger partial charge < -0.3 is 29.4 Å². The second-order valence-electron chi connectivity index (χ2n) is 14.5. The smallest absolute Gasteiger partial charge is 0.174 e. The van der Waals surface area contributed by atoms with E-state index in [1.54, 1.807) is 12.4 Å². The van der Waals surface area contributed by atoms with Crippen molar-refractivity contribution in [3.05, 3.63) is 130 Å². The SMILES string of the molecule is O=C1CCCC2=C1[C@@H](c1ccc(Sc3nc4ccccc4[nH]3)o1)c1cn[nH]c1N2.O=C1CCCC2=C1[C@H](c1ccc(Sc3nc4ccccc4[nH]3)o1)c1cn[nH]c1N2. The number of aromatic nitrogens is 8. The molecule has 0 amide bonds. The molecule has 58 heavy (non-hydrogen) atoms. The van der Waals surface area contributed by atoms with E-state index >= 15 is 0 Å². The Morgan fingerprint density at radius 3 is 1.50 bits per heavy atom. The molecule has 0 bridgehead atoms. The number of Topliss-reactive ketones (excluding diaryl/α,β-unsaturated/α-hetero) is 2. The number of carbonyl (C=O) groups is 2. The molecule has 2 atom stereocenters. The minimum absolute atomic E-state index is 0.179. The number of para-hydroxylation sites is 4. The number of rotatable bonds is 6. The maximum atomic E-state index is 12.8. The van der Waals surface area contributed by atoms with Crippen LogP contribution in [0.2, 0.25) is 0 Å². The van der Waals surface area contributed by atoms with Gasteiger partial charge in [0.2, 0.25) is 0 Å². The van der Waals surface area contributed by atoms with Crippen molar-refractivity contribution in [1.29, 1.82) is 0 Å². The summed E-state index contributed by atoms with van der Waals surface area (Å²) in [5.41, 5.74) is 9.27. The zero-order chi connectivity index (χ0) is 38.7. The molecule has 8 aromatic rings. The number of nitrogens with zero attached hydrogens (tertiary/aromatic N) is 4. The van der Waals surface area contributed by atoms with Crippen LogP contribution in [0.1, 0.15) is 73.0 Å². The molecular formula is C42H34N10O4S2. The Morgan fingerprint density at radius 2 is 1.03 bits per heavy atom. The second kappa shape index (κ2) is 14.1. The summed E-state index contributed by atoms with van der Waals surface area (Å²) in [6, 6.07) is 23.6. The summed E-state index contributed by atoms with van der Waals surface area (Å²) in [7, 11) is 0. The zero-order valence-electron chi connectivity index (χ0n) is 30.7. The molecule has 2 aromatic carbocycles. The maximum absolute atomic E-state index is 12.8. The maximum Gasteiger partial charge on any atom is 0.174 e. The standard InChI is InChI=1S/2C21H17N5O2S/c2*27-15-7-3-6-14-19(15)18(11-10-22-26-20(11)23-14)16-8-9-17(28-16)29-21-24-12-4-1-2-5-13(12)25-21/h2*1-2,4-5,8-10,18H,3,6-7H2,(H,24,25)(H2,22,23,26)/t2*18-/m10/s1. The first kappa shape index (κ1) is 34.7. The molecule has 2 aliphatic heterocycles. The molecule has 0 fully saturated rings. The van der Waals surface area contributed by atoms with Crippen molar-refractivity contribution < 1.29 is 18.4 Å². The first-order chi connectivity index (χ1) is 28.5. The number of furan rings is 2. The van der Waals surface area contributed by atoms with Gasteiger partial charge in [-0.05, 0) is 97.7 Å². The third-order valence-corrected chi connectivity index (χ3v) is 12.5. The molecule has 2 aliphatic carbocycles. The van der Waals surface area contributed by atoms with Crippen molar-refractivity contribution >= 4 is 68.8 Å². The van der Waals surface area contributed by atoms with Crippen LogP contribution >= 0.6 is 23.5 Å². The monoisotopic (exact) mass is 806 g/mol. The van der Waals surface area contributed by atoms with Gasteiger partial charge in [-0.15, -0.1) is 0 Å². The van der Waals surface area contributed by atoms with Gasteiger partial charge in [-0.1, -0.05) is 24.3 Å². The van der Waals surface area contributed by atoms with Crippen molar-refractivity contribution in [3.63, 3.8) is 0 Å². The number of allylic oxidation sites excluding steroid dienone is 4. The number of ketones is 2. The van der Waals surface area contributed by atoms with Crippen molar-refractivity contribution in [1.82, 2.24) is 40.3 Å². The molecule has 16 heteroatoms. The minimum Gasteiger partial charge on any atom is -0.453 e. The highest BCUT2D eigenvalue weighted by Crippen LogP contribution is 2.47. The summed E-state index contributed by atoms with van der Waals surface area (Å²) in [5, 5.41) is 24.0. The number of H-pyrrole nitrogens is 4. The lowest BCUT2D eigenvalue weighted by Gasteiger charge is -2.30. The minimum atomic E-state index is -0.238. The lowest BCUT2D eigenvalue weighted by molar-refractivity contribution is -0.117. The quantitative estimate of drug-likeness (QED) is 0.0933. The van der Waals surface area contributed by atoms with Crippen LogP contribution < -0.4 is 10.6 Å². The highest BCUT2D eigenvalue weighted by Gasteiger charge is 2.39. The molecule has 0 saturated heterocycles. The Bertz CT molecular complexity index is 2690. The van der Waals surface area contributed by atoms with E-state index in [2.05, 4.69) is 51.0 Å². The predicted octanol–water partition coefficient (Wildman–Crippen LogP) is 9.19. The molecule has 0 radical (unpaired) electrons. The van der Waals surface area contributed by atoms with E-state index < -0.39 is 0 Å². The van der Waals surface area contributed by atoms with Gasteiger partial charge in [0, 0.05) is 46.5 Å². The van der Waals surface area contributed by atoms with Crippen LogP contribution in [-0.2, 0) is 9.59 Å². The molecule has 288 valence electrons. The number of fused-ring (bicyclic) bond motifs is 4. The highest BCUT2D eigenvalue weighted by atomic mass is 32.2. The number of carbonyl (C=O) groups excluding carboxylic acids is 2. The molecule has 4 aliphatic rings. The van der Waals surface area contributed by atoms with Crippen LogP contribution in [0.25, 0.3) is 22.1 Å². The van der Waals surface area contributed by atoms with Gasteiger partial charge in [0.05, 0.1) is 46.3 Å². The number of hydrogen-bond donors (Lipinski definition) is 6. The Hall–Kier alpha value is -6.52. The third-order valence-electron chi connectivity index (χ3n) is 10.9. The Morgan fingerprint density at radius 1 is 0.569 bits per heavy atom. The Kier molecular flexibility index (Phi) is 8.46. The molecule has 0 saturated carbocycles. The molecule has 12 rings (SSSR count). The third kappa shape index (κ3) is 6.15. The van der Waals surface area contributed by atoms with Crippen molar-refractivity contribution in [3.8, 4) is 0 Å². The van der Waals surface area contributed by atoms with Gasteiger partial charge in [0.1, 0.15) is 23.2 Å². The average Bonchev–Trinajstić information content (AvgIpc) is 4.09. The second-order valence-corrected chi connectivity index (χ2v) is 16.5. The van der Waals surface area contributed by atoms with Crippen LogP contribution in [0.5, 0.6) is 0 Å². The molecule has 0 spiro atoms. The van der Waals surface area contributed by atoms with Crippen LogP contribution in [0.15, 0.2) is 137 Å². The number of imidazole rings is 2. The molecule has 6 aromatic heterocycles. The Balaban J connectivity index is 0.000000133. The number of benzene rings is 2. The van der Waals surface area contributed by atoms with Gasteiger partial charge in [0.15, 0.2) is 32.1 Å². The number of aromatic amines is 4. The van der Waals surface area contributed by atoms with E-state index in [9.17, 15) is 9.59 Å². The van der Waals surface area contributed by atoms with Crippen LogP contribution in [-0.4, -0.2) is 51.9 Å². The number of nitrogens with one attached hydrogen (secondary N) is 6. The van der Waals surface area contributed by atoms with Gasteiger partial charge in [-0.25, -0.2) is 9.97 Å². The number of hydrogen-bond acceptors (Lipinski definition) is 12. The van der Waals surface area contributed by atoms with E-state index in [1.165, 1.54) is 23.5 Å². The molecular weight excluding hydrogens is 773 g/mol. The fraction of sp³-hybridized carbons (Fsp3) is 0.190. The lowest BCUT2D eigenvalue weighted by Crippen LogP contribution is -2.26. The average molecular weight is 807 g/mol. The van der Waals surface area contributed by atoms with Gasteiger partial charge in [0.25, 0.3) is 0 Å². The lowest BCUT2D eigenvalue weighted by atomic mass is 9.79. The molecule has 14 nitrogen and oxygen atoms in total. The van der Waals surface area contributed by atoms with Crippen LogP contribution in [0.4, 0.5) is 11.6 Å². The molecule has 6 N–H and O–H groups in total. The predicted molar refractivity (Wildman–Crippen MR) is 218 cm³/mol. The van der Waals surface area contributed by atoms with Gasteiger partial charge >= 0.3 is 0 Å². The normalized spacial score (nSPS) is 18.6. The summed E-state index contributed by atoms with van der Waals surface area (Å²) in [5.74, 6) is 3.05. The molecule has 0 unspecified atom stereocenters. The van der Waals surface area contributed by atoms with E-state index in [4.69, 9.17) is 8.83 Å². The van der Waals surface area contributed by atoms with Crippen LogP contribution in [0, 0.1) is 0 Å². The van der Waals surface area contributed by atoms with Gasteiger partial charge in [-0.2, -0.15) is 10.2 Å². The van der Waals surface area contributed by atoms with Crippen molar-refractivity contribution in [2.75, 3.05) is 10.6 Å². The van der Waals surface area contributed by atoms with Gasteiger partial charge in [-0.3, -0.25) is 19.8 Å². The summed E-state index contributed by atoms with van der Waals surface area (Å²) in [6.07, 6.45) is 8.14.